The molecule has 0 aromatic carbocycles. The van der Waals surface area contributed by atoms with E-state index in [1.807, 2.05) is 0 Å². The van der Waals surface area contributed by atoms with E-state index in [1.54, 1.807) is 7.05 Å². The summed E-state index contributed by atoms with van der Waals surface area (Å²) in [6.45, 7) is 1.88. The van der Waals surface area contributed by atoms with Crippen molar-refractivity contribution in [3.63, 3.8) is 0 Å². The van der Waals surface area contributed by atoms with E-state index < -0.39 is 0 Å². The summed E-state index contributed by atoms with van der Waals surface area (Å²) in [5.41, 5.74) is 0.178. The van der Waals surface area contributed by atoms with E-state index in [1.165, 1.54) is 11.6 Å². The Morgan fingerprint density at radius 1 is 1.26 bits per heavy atom. The van der Waals surface area contributed by atoms with Crippen LogP contribution in [0.15, 0.2) is 9.59 Å². The molecule has 19 heavy (non-hydrogen) atoms. The fourth-order valence-corrected chi connectivity index (χ4v) is 2.62. The van der Waals surface area contributed by atoms with Gasteiger partial charge >= 0.3 is 5.69 Å². The van der Waals surface area contributed by atoms with Gasteiger partial charge in [-0.15, -0.1) is 0 Å². The first-order chi connectivity index (χ1) is 9.09. The van der Waals surface area contributed by atoms with Crippen LogP contribution in [-0.2, 0) is 14.1 Å². The van der Waals surface area contributed by atoms with Crippen molar-refractivity contribution in [2.45, 2.75) is 18.8 Å². The molecule has 0 bridgehead atoms. The Morgan fingerprint density at radius 3 is 2.74 bits per heavy atom. The molecule has 2 aromatic heterocycles. The highest BCUT2D eigenvalue weighted by atomic mass is 16.2. The third-order valence-electron chi connectivity index (χ3n) is 3.80. The summed E-state index contributed by atoms with van der Waals surface area (Å²) in [6, 6.07) is 0. The van der Waals surface area contributed by atoms with E-state index in [4.69, 9.17) is 0 Å². The Kier molecular flexibility index (Phi) is 2.78. The summed E-state index contributed by atoms with van der Waals surface area (Å²) in [5.74, 6) is 1.07. The number of piperidine rings is 1. The molecule has 102 valence electrons. The third-order valence-corrected chi connectivity index (χ3v) is 3.80. The first-order valence-corrected chi connectivity index (χ1v) is 6.46. The standard InChI is InChI=1S/C12H17N5O2/c1-16-10-8(11(18)17(2)12(16)19)14-9(15-10)7-4-3-5-13-6-7/h7,13H,3-6H2,1-2H3,(H,14,15). The van der Waals surface area contributed by atoms with Crippen LogP contribution in [0.4, 0.5) is 0 Å². The molecule has 0 spiro atoms. The van der Waals surface area contributed by atoms with E-state index in [0.717, 1.165) is 36.3 Å². The maximum Gasteiger partial charge on any atom is 0.332 e. The van der Waals surface area contributed by atoms with Crippen LogP contribution in [0.25, 0.3) is 11.2 Å². The maximum atomic E-state index is 12.1. The maximum absolute atomic E-state index is 12.1. The second-order valence-electron chi connectivity index (χ2n) is 5.07. The molecule has 1 saturated heterocycles. The van der Waals surface area contributed by atoms with E-state index in [-0.39, 0.29) is 17.2 Å². The number of fused-ring (bicyclic) bond motifs is 1. The zero-order valence-corrected chi connectivity index (χ0v) is 11.1. The van der Waals surface area contributed by atoms with E-state index in [2.05, 4.69) is 15.3 Å². The molecule has 1 atom stereocenters. The Morgan fingerprint density at radius 2 is 2.05 bits per heavy atom. The molecule has 0 aliphatic carbocycles. The molecular weight excluding hydrogens is 246 g/mol. The monoisotopic (exact) mass is 263 g/mol. The van der Waals surface area contributed by atoms with Crippen molar-refractivity contribution in [2.75, 3.05) is 13.1 Å². The van der Waals surface area contributed by atoms with Crippen molar-refractivity contribution in [1.82, 2.24) is 24.4 Å². The third kappa shape index (κ3) is 1.81. The number of nitrogens with zero attached hydrogens (tertiary/aromatic N) is 3. The molecule has 7 heteroatoms. The SMILES string of the molecule is Cn1c(=O)c2[nH]c(C3CCCNC3)nc2n(C)c1=O. The van der Waals surface area contributed by atoms with Gasteiger partial charge in [-0.3, -0.25) is 13.9 Å². The van der Waals surface area contributed by atoms with E-state index in [0.29, 0.717) is 11.2 Å². The van der Waals surface area contributed by atoms with Gasteiger partial charge in [0.25, 0.3) is 5.56 Å². The van der Waals surface area contributed by atoms with Crippen molar-refractivity contribution in [3.05, 3.63) is 26.7 Å². The molecule has 7 nitrogen and oxygen atoms in total. The Labute approximate surface area is 109 Å². The van der Waals surface area contributed by atoms with Gasteiger partial charge in [0.1, 0.15) is 11.3 Å². The Hall–Kier alpha value is -1.89. The molecule has 0 radical (unpaired) electrons. The van der Waals surface area contributed by atoms with E-state index >= 15 is 0 Å². The van der Waals surface area contributed by atoms with Crippen LogP contribution in [0.3, 0.4) is 0 Å². The smallest absolute Gasteiger partial charge is 0.332 e. The topological polar surface area (TPSA) is 84.7 Å². The van der Waals surface area contributed by atoms with Crippen LogP contribution in [0, 0.1) is 0 Å². The average Bonchev–Trinajstić information content (AvgIpc) is 2.89. The van der Waals surface area contributed by atoms with Crippen LogP contribution >= 0.6 is 0 Å². The molecular formula is C12H17N5O2. The fourth-order valence-electron chi connectivity index (χ4n) is 2.62. The van der Waals surface area contributed by atoms with E-state index in [9.17, 15) is 9.59 Å². The van der Waals surface area contributed by atoms with Crippen molar-refractivity contribution >= 4 is 11.2 Å². The summed E-state index contributed by atoms with van der Waals surface area (Å²) in [5, 5.41) is 3.32. The highest BCUT2D eigenvalue weighted by Crippen LogP contribution is 2.21. The second kappa shape index (κ2) is 4.34. The first kappa shape index (κ1) is 12.2. The molecule has 0 amide bonds. The zero-order valence-electron chi connectivity index (χ0n) is 11.1. The lowest BCUT2D eigenvalue weighted by atomic mass is 9.99. The van der Waals surface area contributed by atoms with Crippen LogP contribution in [0.1, 0.15) is 24.6 Å². The molecule has 0 saturated carbocycles. The number of hydrogen-bond donors (Lipinski definition) is 2. The summed E-state index contributed by atoms with van der Waals surface area (Å²) in [7, 11) is 3.11. The van der Waals surface area contributed by atoms with Gasteiger partial charge in [0.05, 0.1) is 0 Å². The van der Waals surface area contributed by atoms with Crippen molar-refractivity contribution < 1.29 is 0 Å². The summed E-state index contributed by atoms with van der Waals surface area (Å²) < 4.78 is 2.51. The highest BCUT2D eigenvalue weighted by Gasteiger charge is 2.21. The van der Waals surface area contributed by atoms with Crippen LogP contribution < -0.4 is 16.6 Å². The number of aromatic amines is 1. The Bertz CT molecular complexity index is 733. The molecule has 1 unspecified atom stereocenters. The lowest BCUT2D eigenvalue weighted by Crippen LogP contribution is -2.36. The molecule has 1 aliphatic rings. The van der Waals surface area contributed by atoms with Gasteiger partial charge in [0, 0.05) is 26.6 Å². The minimum Gasteiger partial charge on any atom is -0.336 e. The molecule has 3 heterocycles. The largest absolute Gasteiger partial charge is 0.336 e. The predicted octanol–water partition coefficient (Wildman–Crippen LogP) is -0.573. The van der Waals surface area contributed by atoms with Gasteiger partial charge in [-0.2, -0.15) is 0 Å². The van der Waals surface area contributed by atoms with Gasteiger partial charge in [0.2, 0.25) is 0 Å². The molecule has 2 aromatic rings. The lowest BCUT2D eigenvalue weighted by molar-refractivity contribution is 0.449. The number of aryl methyl sites for hydroxylation is 1. The summed E-state index contributed by atoms with van der Waals surface area (Å²) in [6.07, 6.45) is 2.14. The number of H-pyrrole nitrogens is 1. The minimum atomic E-state index is -0.350. The minimum absolute atomic E-state index is 0.279. The zero-order chi connectivity index (χ0) is 13.6. The number of imidazole rings is 1. The van der Waals surface area contributed by atoms with Gasteiger partial charge in [-0.05, 0) is 19.4 Å². The second-order valence-corrected chi connectivity index (χ2v) is 5.07. The van der Waals surface area contributed by atoms with Crippen LogP contribution in [0.2, 0.25) is 0 Å². The quantitative estimate of drug-likeness (QED) is 0.721. The van der Waals surface area contributed by atoms with Crippen LogP contribution in [0.5, 0.6) is 0 Å². The molecule has 2 N–H and O–H groups in total. The van der Waals surface area contributed by atoms with Crippen molar-refractivity contribution in [1.29, 1.82) is 0 Å². The number of hydrogen-bond acceptors (Lipinski definition) is 4. The summed E-state index contributed by atoms with van der Waals surface area (Å²) >= 11 is 0. The van der Waals surface area contributed by atoms with Crippen molar-refractivity contribution in [2.24, 2.45) is 14.1 Å². The Balaban J connectivity index is 2.20. The number of aromatic nitrogens is 4. The summed E-state index contributed by atoms with van der Waals surface area (Å²) in [4.78, 5) is 31.5. The molecule has 1 aliphatic heterocycles. The number of nitrogens with one attached hydrogen (secondary N) is 2. The first-order valence-electron chi connectivity index (χ1n) is 6.46. The average molecular weight is 263 g/mol. The van der Waals surface area contributed by atoms with Gasteiger partial charge < -0.3 is 10.3 Å². The highest BCUT2D eigenvalue weighted by molar-refractivity contribution is 5.69. The predicted molar refractivity (Wildman–Crippen MR) is 71.4 cm³/mol. The van der Waals surface area contributed by atoms with Gasteiger partial charge in [-0.1, -0.05) is 0 Å². The molecule has 1 fully saturated rings. The van der Waals surface area contributed by atoms with Crippen molar-refractivity contribution in [3.8, 4) is 0 Å². The normalized spacial score (nSPS) is 20.0. The van der Waals surface area contributed by atoms with Gasteiger partial charge in [0.15, 0.2) is 5.65 Å². The van der Waals surface area contributed by atoms with Crippen LogP contribution in [-0.4, -0.2) is 32.2 Å². The number of rotatable bonds is 1. The fraction of sp³-hybridized carbons (Fsp3) is 0.583. The lowest BCUT2D eigenvalue weighted by Gasteiger charge is -2.20. The molecule has 3 rings (SSSR count). The van der Waals surface area contributed by atoms with Gasteiger partial charge in [-0.25, -0.2) is 9.78 Å².